The van der Waals surface area contributed by atoms with Crippen molar-refractivity contribution in [2.45, 2.75) is 39.7 Å². The van der Waals surface area contributed by atoms with Crippen LogP contribution < -0.4 is 19.6 Å². The molecule has 0 radical (unpaired) electrons. The molecule has 1 aromatic heterocycles. The lowest BCUT2D eigenvalue weighted by molar-refractivity contribution is -0.139. The smallest absolute Gasteiger partial charge is 0.338 e. The van der Waals surface area contributed by atoms with E-state index in [9.17, 15) is 14.7 Å². The van der Waals surface area contributed by atoms with Crippen LogP contribution in [0.5, 0.6) is 11.5 Å². The van der Waals surface area contributed by atoms with Gasteiger partial charge >= 0.3 is 5.97 Å². The number of benzene rings is 2. The molecule has 7 nitrogen and oxygen atoms in total. The van der Waals surface area contributed by atoms with Gasteiger partial charge in [-0.05, 0) is 54.7 Å². The third-order valence-electron chi connectivity index (χ3n) is 5.94. The average molecular weight is 493 g/mol. The minimum atomic E-state index is -0.655. The van der Waals surface area contributed by atoms with E-state index in [0.717, 1.165) is 5.56 Å². The molecule has 0 unspecified atom stereocenters. The number of thiazole rings is 1. The van der Waals surface area contributed by atoms with Crippen LogP contribution in [-0.2, 0) is 9.53 Å². The highest BCUT2D eigenvalue weighted by molar-refractivity contribution is 7.07. The van der Waals surface area contributed by atoms with Crippen LogP contribution >= 0.6 is 11.3 Å². The number of nitrogens with zero attached hydrogens (tertiary/aromatic N) is 2. The highest BCUT2D eigenvalue weighted by Crippen LogP contribution is 2.31. The second-order valence-electron chi connectivity index (χ2n) is 8.55. The van der Waals surface area contributed by atoms with Crippen molar-refractivity contribution < 1.29 is 19.4 Å². The summed E-state index contributed by atoms with van der Waals surface area (Å²) in [5, 5.41) is 10.1. The number of phenolic OH excluding ortho intramolecular Hbond substituents is 1. The molecule has 0 bridgehead atoms. The van der Waals surface area contributed by atoms with Crippen molar-refractivity contribution in [3.8, 4) is 11.5 Å². The quantitative estimate of drug-likeness (QED) is 0.531. The van der Waals surface area contributed by atoms with Gasteiger partial charge in [-0.1, -0.05) is 55.5 Å². The minimum Gasteiger partial charge on any atom is -0.504 e. The van der Waals surface area contributed by atoms with E-state index in [1.54, 1.807) is 36.6 Å². The predicted octanol–water partition coefficient (Wildman–Crippen LogP) is 3.64. The molecule has 0 spiro atoms. The number of fused-ring (bicyclic) bond motifs is 1. The number of carbonyl (C=O) groups is 1. The first-order chi connectivity index (χ1) is 16.7. The number of allylic oxidation sites excluding steroid dienone is 1. The van der Waals surface area contributed by atoms with E-state index >= 15 is 0 Å². The average Bonchev–Trinajstić information content (AvgIpc) is 3.12. The molecule has 1 aliphatic heterocycles. The first-order valence-electron chi connectivity index (χ1n) is 11.4. The van der Waals surface area contributed by atoms with Crippen molar-refractivity contribution in [2.24, 2.45) is 4.99 Å². The molecule has 0 amide bonds. The SMILES string of the molecule is CCOC(=O)C1=C(C)N=c2s/c(=C\c3ccc(OC)c(O)c3)c(=O)n2[C@@H]1c1ccc(C(C)C)cc1. The fraction of sp³-hybridized carbons (Fsp3) is 0.296. The predicted molar refractivity (Wildman–Crippen MR) is 136 cm³/mol. The number of hydrogen-bond acceptors (Lipinski definition) is 7. The van der Waals surface area contributed by atoms with Crippen molar-refractivity contribution in [1.29, 1.82) is 0 Å². The molecule has 0 fully saturated rings. The van der Waals surface area contributed by atoms with Crippen LogP contribution in [0.4, 0.5) is 0 Å². The van der Waals surface area contributed by atoms with Gasteiger partial charge in [-0.3, -0.25) is 9.36 Å². The highest BCUT2D eigenvalue weighted by Gasteiger charge is 2.33. The number of rotatable bonds is 6. The van der Waals surface area contributed by atoms with Gasteiger partial charge in [-0.2, -0.15) is 0 Å². The monoisotopic (exact) mass is 492 g/mol. The molecule has 3 aromatic rings. The summed E-state index contributed by atoms with van der Waals surface area (Å²) < 4.78 is 12.4. The summed E-state index contributed by atoms with van der Waals surface area (Å²) in [7, 11) is 1.48. The number of aromatic hydroxyl groups is 1. The van der Waals surface area contributed by atoms with Crippen LogP contribution in [0.25, 0.3) is 6.08 Å². The zero-order valence-corrected chi connectivity index (χ0v) is 21.2. The molecule has 0 saturated heterocycles. The molecule has 0 aliphatic carbocycles. The van der Waals surface area contributed by atoms with Gasteiger partial charge in [-0.15, -0.1) is 0 Å². The number of hydrogen-bond donors (Lipinski definition) is 1. The Morgan fingerprint density at radius 1 is 1.23 bits per heavy atom. The van der Waals surface area contributed by atoms with Crippen LogP contribution in [0.15, 0.2) is 63.5 Å². The van der Waals surface area contributed by atoms with E-state index in [4.69, 9.17) is 9.47 Å². The summed E-state index contributed by atoms with van der Waals surface area (Å²) in [6.07, 6.45) is 1.70. The van der Waals surface area contributed by atoms with E-state index < -0.39 is 12.0 Å². The number of aromatic nitrogens is 1. The van der Waals surface area contributed by atoms with Gasteiger partial charge in [-0.25, -0.2) is 9.79 Å². The van der Waals surface area contributed by atoms with E-state index in [2.05, 4.69) is 18.8 Å². The van der Waals surface area contributed by atoms with Crippen molar-refractivity contribution in [3.05, 3.63) is 90.1 Å². The topological polar surface area (TPSA) is 90.1 Å². The first-order valence-corrected chi connectivity index (χ1v) is 12.2. The largest absolute Gasteiger partial charge is 0.504 e. The molecule has 1 atom stereocenters. The fourth-order valence-electron chi connectivity index (χ4n) is 4.12. The summed E-state index contributed by atoms with van der Waals surface area (Å²) in [5.41, 5.74) is 3.23. The van der Waals surface area contributed by atoms with Gasteiger partial charge in [0.1, 0.15) is 0 Å². The number of methoxy groups -OCH3 is 1. The number of ether oxygens (including phenoxy) is 2. The van der Waals surface area contributed by atoms with Gasteiger partial charge in [0.25, 0.3) is 5.56 Å². The molecule has 1 aliphatic rings. The molecule has 8 heteroatoms. The molecule has 2 heterocycles. The van der Waals surface area contributed by atoms with E-state index in [1.807, 2.05) is 24.3 Å². The van der Waals surface area contributed by atoms with Crippen molar-refractivity contribution in [1.82, 2.24) is 4.57 Å². The Morgan fingerprint density at radius 2 is 1.94 bits per heavy atom. The first kappa shape index (κ1) is 24.5. The summed E-state index contributed by atoms with van der Waals surface area (Å²) in [6, 6.07) is 12.2. The molecule has 2 aromatic carbocycles. The standard InChI is InChI=1S/C27H28N2O5S/c1-6-34-26(32)23-16(4)28-27-29(24(23)19-10-8-18(9-11-19)15(2)3)25(31)22(35-27)14-17-7-12-21(33-5)20(30)13-17/h7-15,24,30H,6H2,1-5H3/b22-14-/t24-/m1/s1. The Bertz CT molecular complexity index is 1480. The van der Waals surface area contributed by atoms with Crippen LogP contribution in [0.1, 0.15) is 56.3 Å². The Kier molecular flexibility index (Phi) is 6.93. The highest BCUT2D eigenvalue weighted by atomic mass is 32.1. The summed E-state index contributed by atoms with van der Waals surface area (Å²) in [4.78, 5) is 31.7. The van der Waals surface area contributed by atoms with Crippen LogP contribution in [0.3, 0.4) is 0 Å². The summed E-state index contributed by atoms with van der Waals surface area (Å²) >= 11 is 1.24. The maximum atomic E-state index is 13.6. The number of esters is 1. The minimum absolute atomic E-state index is 0.0161. The van der Waals surface area contributed by atoms with Gasteiger partial charge in [0, 0.05) is 0 Å². The molecular weight excluding hydrogens is 464 g/mol. The normalized spacial score (nSPS) is 15.7. The third kappa shape index (κ3) is 4.66. The summed E-state index contributed by atoms with van der Waals surface area (Å²) in [5.74, 6) is 0.204. The van der Waals surface area contributed by atoms with E-state index in [-0.39, 0.29) is 17.9 Å². The van der Waals surface area contributed by atoms with E-state index in [0.29, 0.717) is 37.8 Å². The Balaban J connectivity index is 1.91. The maximum absolute atomic E-state index is 13.6. The van der Waals surface area contributed by atoms with Crippen LogP contribution in [-0.4, -0.2) is 29.4 Å². The zero-order valence-electron chi connectivity index (χ0n) is 20.4. The summed E-state index contributed by atoms with van der Waals surface area (Å²) in [6.45, 7) is 7.96. The van der Waals surface area contributed by atoms with Crippen molar-refractivity contribution >= 4 is 23.4 Å². The Hall–Kier alpha value is -3.65. The molecule has 35 heavy (non-hydrogen) atoms. The lowest BCUT2D eigenvalue weighted by atomic mass is 9.93. The van der Waals surface area contributed by atoms with Gasteiger partial charge in [0.05, 0.1) is 35.6 Å². The van der Waals surface area contributed by atoms with Gasteiger partial charge in [0.15, 0.2) is 16.3 Å². The maximum Gasteiger partial charge on any atom is 0.338 e. The lowest BCUT2D eigenvalue weighted by Gasteiger charge is -2.25. The molecule has 182 valence electrons. The van der Waals surface area contributed by atoms with Crippen molar-refractivity contribution in [3.63, 3.8) is 0 Å². The zero-order chi connectivity index (χ0) is 25.3. The molecule has 0 saturated carbocycles. The Labute approximate surface area is 207 Å². The molecule has 1 N–H and O–H groups in total. The lowest BCUT2D eigenvalue weighted by Crippen LogP contribution is -2.39. The Morgan fingerprint density at radius 3 is 2.54 bits per heavy atom. The third-order valence-corrected chi connectivity index (χ3v) is 6.92. The van der Waals surface area contributed by atoms with E-state index in [1.165, 1.54) is 30.1 Å². The van der Waals surface area contributed by atoms with Crippen LogP contribution in [0.2, 0.25) is 0 Å². The van der Waals surface area contributed by atoms with Crippen LogP contribution in [0, 0.1) is 0 Å². The van der Waals surface area contributed by atoms with Gasteiger partial charge < -0.3 is 14.6 Å². The van der Waals surface area contributed by atoms with Crippen molar-refractivity contribution in [2.75, 3.05) is 13.7 Å². The fourth-order valence-corrected chi connectivity index (χ4v) is 5.16. The number of phenols is 1. The van der Waals surface area contributed by atoms with Gasteiger partial charge in [0.2, 0.25) is 0 Å². The molecular formula is C27H28N2O5S. The second-order valence-corrected chi connectivity index (χ2v) is 9.56. The second kappa shape index (κ2) is 9.92. The molecule has 4 rings (SSSR count). The number of carbonyl (C=O) groups excluding carboxylic acids is 1.